The molecule has 0 unspecified atom stereocenters. The number of ketones is 2. The summed E-state index contributed by atoms with van der Waals surface area (Å²) < 4.78 is 5.23. The standard InChI is InChI=1S/C35H52N2O10S/c1-19(2)30(31(43)36-24(32(44)45)12-15-48-5)37-27(41)8-9-28(42)47-18-26(40)35(46)14-11-23-22-7-6-20-16-21(38)10-13-33(20,3)29(22)25(39)17-34(23,35)4/h16,19,22-25,29-30,39,46H,6-15,17-18H2,1-5H3,(H,36,43)(H,37,41)(H,44,45)/t22-,23-,24+,25+,29+,30+,33-,34-,35-/m0/s1. The molecule has 0 radical (unpaired) electrons. The molecular weight excluding hydrogens is 640 g/mol. The topological polar surface area (TPSA) is 196 Å². The molecule has 9 atom stereocenters. The lowest BCUT2D eigenvalue weighted by Crippen LogP contribution is -2.62. The fraction of sp³-hybridized carbons (Fsp3) is 0.771. The second kappa shape index (κ2) is 15.0. The zero-order valence-electron chi connectivity index (χ0n) is 28.7. The summed E-state index contributed by atoms with van der Waals surface area (Å²) in [5.74, 6) is -3.56. The Balaban J connectivity index is 1.31. The number of allylic oxidation sites excluding steroid dienone is 1. The van der Waals surface area contributed by atoms with Gasteiger partial charge < -0.3 is 30.7 Å². The smallest absolute Gasteiger partial charge is 0.326 e. The minimum Gasteiger partial charge on any atom is -0.480 e. The van der Waals surface area contributed by atoms with Crippen molar-refractivity contribution in [1.29, 1.82) is 0 Å². The lowest BCUT2D eigenvalue weighted by atomic mass is 9.45. The molecule has 0 aromatic heterocycles. The number of fused-ring (bicyclic) bond motifs is 5. The van der Waals surface area contributed by atoms with E-state index in [4.69, 9.17) is 4.74 Å². The molecule has 12 nitrogen and oxygen atoms in total. The van der Waals surface area contributed by atoms with E-state index in [-0.39, 0.29) is 67.0 Å². The van der Waals surface area contributed by atoms with Gasteiger partial charge in [-0.05, 0) is 92.1 Å². The molecule has 3 fully saturated rings. The first-order valence-corrected chi connectivity index (χ1v) is 18.5. The monoisotopic (exact) mass is 692 g/mol. The van der Waals surface area contributed by atoms with Crippen molar-refractivity contribution in [3.63, 3.8) is 0 Å². The van der Waals surface area contributed by atoms with Crippen LogP contribution in [-0.2, 0) is 33.5 Å². The number of rotatable bonds is 14. The Kier molecular flexibility index (Phi) is 11.9. The molecule has 48 heavy (non-hydrogen) atoms. The Morgan fingerprint density at radius 1 is 1.06 bits per heavy atom. The molecule has 4 aliphatic carbocycles. The largest absolute Gasteiger partial charge is 0.480 e. The van der Waals surface area contributed by atoms with Crippen LogP contribution in [0.25, 0.3) is 0 Å². The van der Waals surface area contributed by atoms with Crippen molar-refractivity contribution in [2.75, 3.05) is 18.6 Å². The van der Waals surface area contributed by atoms with E-state index in [9.17, 15) is 44.1 Å². The normalized spacial score (nSPS) is 33.8. The first-order valence-electron chi connectivity index (χ1n) is 17.1. The second-order valence-electron chi connectivity index (χ2n) is 15.0. The highest BCUT2D eigenvalue weighted by atomic mass is 32.2. The first-order chi connectivity index (χ1) is 22.5. The predicted molar refractivity (Wildman–Crippen MR) is 178 cm³/mol. The lowest BCUT2D eigenvalue weighted by Gasteiger charge is -2.60. The molecule has 5 N–H and O–H groups in total. The number of carboxylic acid groups (broad SMARTS) is 1. The number of hydrogen-bond acceptors (Lipinski definition) is 10. The van der Waals surface area contributed by atoms with Crippen LogP contribution in [0.3, 0.4) is 0 Å². The third-order valence-electron chi connectivity index (χ3n) is 11.9. The van der Waals surface area contributed by atoms with E-state index in [1.54, 1.807) is 19.9 Å². The maximum absolute atomic E-state index is 13.5. The highest BCUT2D eigenvalue weighted by Gasteiger charge is 2.68. The number of carboxylic acids is 1. The molecule has 3 saturated carbocycles. The molecule has 4 rings (SSSR count). The fourth-order valence-corrected chi connectivity index (χ4v) is 9.71. The van der Waals surface area contributed by atoms with Crippen molar-refractivity contribution in [1.82, 2.24) is 10.6 Å². The van der Waals surface area contributed by atoms with Gasteiger partial charge in [0.25, 0.3) is 0 Å². The van der Waals surface area contributed by atoms with Crippen LogP contribution in [0, 0.1) is 34.5 Å². The van der Waals surface area contributed by atoms with Gasteiger partial charge in [0.2, 0.25) is 17.6 Å². The zero-order valence-corrected chi connectivity index (χ0v) is 29.5. The number of carbonyl (C=O) groups is 6. The van der Waals surface area contributed by atoms with Crippen LogP contribution in [-0.4, -0.2) is 93.0 Å². The fourth-order valence-electron chi connectivity index (χ4n) is 9.24. The van der Waals surface area contributed by atoms with E-state index >= 15 is 0 Å². The van der Waals surface area contributed by atoms with Crippen molar-refractivity contribution >= 4 is 47.1 Å². The van der Waals surface area contributed by atoms with Gasteiger partial charge in [0.1, 0.15) is 17.7 Å². The van der Waals surface area contributed by atoms with Gasteiger partial charge in [-0.15, -0.1) is 0 Å². The summed E-state index contributed by atoms with van der Waals surface area (Å²) in [6, 6.07) is -2.11. The van der Waals surface area contributed by atoms with E-state index in [0.29, 0.717) is 25.0 Å². The summed E-state index contributed by atoms with van der Waals surface area (Å²) in [6.45, 7) is 6.73. The third-order valence-corrected chi connectivity index (χ3v) is 12.6. The van der Waals surface area contributed by atoms with Crippen LogP contribution < -0.4 is 10.6 Å². The maximum Gasteiger partial charge on any atom is 0.326 e. The number of carbonyl (C=O) groups excluding carboxylic acids is 5. The number of ether oxygens (including phenoxy) is 1. The average molecular weight is 693 g/mol. The van der Waals surface area contributed by atoms with Crippen molar-refractivity contribution in [2.24, 2.45) is 34.5 Å². The Morgan fingerprint density at radius 2 is 1.77 bits per heavy atom. The van der Waals surface area contributed by atoms with Gasteiger partial charge in [-0.2, -0.15) is 11.8 Å². The Bertz CT molecular complexity index is 1330. The van der Waals surface area contributed by atoms with E-state index in [2.05, 4.69) is 17.6 Å². The van der Waals surface area contributed by atoms with Gasteiger partial charge >= 0.3 is 11.9 Å². The van der Waals surface area contributed by atoms with Crippen molar-refractivity contribution in [3.05, 3.63) is 11.6 Å². The van der Waals surface area contributed by atoms with Gasteiger partial charge in [-0.3, -0.25) is 24.0 Å². The van der Waals surface area contributed by atoms with E-state index in [1.807, 2.05) is 13.2 Å². The molecule has 0 aromatic carbocycles. The molecule has 0 spiro atoms. The van der Waals surface area contributed by atoms with Crippen LogP contribution in [0.5, 0.6) is 0 Å². The summed E-state index contributed by atoms with van der Waals surface area (Å²) in [5.41, 5.74) is -1.90. The molecule has 0 aromatic rings. The Labute approximate surface area is 286 Å². The van der Waals surface area contributed by atoms with Crippen molar-refractivity contribution < 1.29 is 48.8 Å². The number of nitrogens with one attached hydrogen (secondary N) is 2. The number of hydrogen-bond donors (Lipinski definition) is 5. The predicted octanol–water partition coefficient (Wildman–Crippen LogP) is 2.58. The van der Waals surface area contributed by atoms with E-state index in [0.717, 1.165) is 18.4 Å². The second-order valence-corrected chi connectivity index (χ2v) is 16.0. The summed E-state index contributed by atoms with van der Waals surface area (Å²) in [7, 11) is 0. The molecule has 13 heteroatoms. The molecule has 0 aliphatic heterocycles. The van der Waals surface area contributed by atoms with Crippen LogP contribution in [0.2, 0.25) is 0 Å². The zero-order chi connectivity index (χ0) is 35.6. The average Bonchev–Trinajstić information content (AvgIpc) is 3.29. The lowest BCUT2D eigenvalue weighted by molar-refractivity contribution is -0.184. The summed E-state index contributed by atoms with van der Waals surface area (Å²) in [6.07, 6.45) is 6.04. The molecule has 0 saturated heterocycles. The number of esters is 1. The molecule has 0 bridgehead atoms. The molecule has 2 amide bonds. The van der Waals surface area contributed by atoms with Gasteiger partial charge in [0.15, 0.2) is 12.4 Å². The van der Waals surface area contributed by atoms with Gasteiger partial charge in [-0.25, -0.2) is 4.79 Å². The van der Waals surface area contributed by atoms with Gasteiger partial charge in [0.05, 0.1) is 12.5 Å². The minimum atomic E-state index is -1.79. The van der Waals surface area contributed by atoms with Crippen molar-refractivity contribution in [3.8, 4) is 0 Å². The number of thioether (sulfide) groups is 1. The number of aliphatic carboxylic acids is 1. The molecule has 0 heterocycles. The van der Waals surface area contributed by atoms with E-state index in [1.165, 1.54) is 11.8 Å². The summed E-state index contributed by atoms with van der Waals surface area (Å²) in [5, 5.41) is 37.9. The quantitative estimate of drug-likeness (QED) is 0.168. The minimum absolute atomic E-state index is 0.0161. The molecule has 4 aliphatic rings. The van der Waals surface area contributed by atoms with Crippen LogP contribution in [0.15, 0.2) is 11.6 Å². The van der Waals surface area contributed by atoms with Gasteiger partial charge in [-0.1, -0.05) is 33.3 Å². The van der Waals surface area contributed by atoms with E-state index < -0.39 is 65.3 Å². The van der Waals surface area contributed by atoms with Gasteiger partial charge in [0, 0.05) is 18.3 Å². The highest BCUT2D eigenvalue weighted by Crippen LogP contribution is 2.67. The maximum atomic E-state index is 13.5. The number of amides is 2. The highest BCUT2D eigenvalue weighted by molar-refractivity contribution is 7.98. The molecular formula is C35H52N2O10S. The number of aliphatic hydroxyl groups is 2. The Hall–Kier alpha value is -2.77. The number of aliphatic hydroxyl groups excluding tert-OH is 1. The van der Waals surface area contributed by atoms with Crippen molar-refractivity contribution in [2.45, 2.75) is 116 Å². The summed E-state index contributed by atoms with van der Waals surface area (Å²) in [4.78, 5) is 75.3. The molecule has 268 valence electrons. The van der Waals surface area contributed by atoms with Crippen LogP contribution in [0.1, 0.15) is 91.9 Å². The SMILES string of the molecule is CSCC[C@@H](NC(=O)[C@H](NC(=O)CCC(=O)OCC(=O)[C@@]1(O)CC[C@H]2[C@@H]3CCC4=CC(=O)CC[C@]4(C)[C@H]3[C@H](O)C[C@@]21C)C(C)C)C(=O)O. The Morgan fingerprint density at radius 3 is 2.42 bits per heavy atom. The number of Topliss-reactive ketones (excluding diaryl/α,β-unsaturated/α-hetero) is 1. The van der Waals surface area contributed by atoms with Crippen LogP contribution in [0.4, 0.5) is 0 Å². The van der Waals surface area contributed by atoms with Crippen LogP contribution >= 0.6 is 11.8 Å². The third kappa shape index (κ3) is 7.38. The first kappa shape index (κ1) is 38.0. The summed E-state index contributed by atoms with van der Waals surface area (Å²) >= 11 is 1.45.